The first-order valence-electron chi connectivity index (χ1n) is 9.06. The van der Waals surface area contributed by atoms with Crippen LogP contribution < -0.4 is 9.64 Å². The Morgan fingerprint density at radius 1 is 1.25 bits per heavy atom. The summed E-state index contributed by atoms with van der Waals surface area (Å²) in [6.07, 6.45) is 0.206. The minimum Gasteiger partial charge on any atom is -0.497 e. The second-order valence-electron chi connectivity index (χ2n) is 6.86. The van der Waals surface area contributed by atoms with E-state index in [1.54, 1.807) is 0 Å². The Morgan fingerprint density at radius 2 is 2.00 bits per heavy atom. The van der Waals surface area contributed by atoms with Crippen molar-refractivity contribution in [3.8, 4) is 5.75 Å². The van der Waals surface area contributed by atoms with Crippen molar-refractivity contribution in [3.63, 3.8) is 0 Å². The molecule has 1 aliphatic heterocycles. The molecule has 1 fully saturated rings. The van der Waals surface area contributed by atoms with E-state index in [-0.39, 0.29) is 30.9 Å². The highest BCUT2D eigenvalue weighted by Gasteiger charge is 2.45. The van der Waals surface area contributed by atoms with E-state index < -0.39 is 24.4 Å². The molecule has 1 unspecified atom stereocenters. The number of methoxy groups -OCH3 is 1. The zero-order valence-electron chi connectivity index (χ0n) is 15.6. The van der Waals surface area contributed by atoms with E-state index in [2.05, 4.69) is 0 Å². The van der Waals surface area contributed by atoms with E-state index in [4.69, 9.17) is 9.47 Å². The highest BCUT2D eigenvalue weighted by atomic mass is 19.3. The lowest BCUT2D eigenvalue weighted by Crippen LogP contribution is -2.50. The zero-order chi connectivity index (χ0) is 20.1. The van der Waals surface area contributed by atoms with Crippen molar-refractivity contribution in [1.29, 1.82) is 0 Å². The number of ether oxygens (including phenoxy) is 2. The van der Waals surface area contributed by atoms with Gasteiger partial charge in [-0.05, 0) is 24.1 Å². The molecular weight excluding hydrogens is 368 g/mol. The van der Waals surface area contributed by atoms with Crippen LogP contribution in [-0.4, -0.2) is 43.8 Å². The van der Waals surface area contributed by atoms with Gasteiger partial charge in [-0.15, -0.1) is 0 Å². The quantitative estimate of drug-likeness (QED) is 0.771. The third-order valence-corrected chi connectivity index (χ3v) is 4.95. The second kappa shape index (κ2) is 8.56. The van der Waals surface area contributed by atoms with Gasteiger partial charge in [0.1, 0.15) is 5.75 Å². The Kier molecular flexibility index (Phi) is 6.14. The van der Waals surface area contributed by atoms with Crippen LogP contribution in [0.5, 0.6) is 5.75 Å². The van der Waals surface area contributed by atoms with Crippen LogP contribution in [0.3, 0.4) is 0 Å². The van der Waals surface area contributed by atoms with Gasteiger partial charge in [0.05, 0.1) is 38.1 Å². The number of alkyl halides is 2. The van der Waals surface area contributed by atoms with Gasteiger partial charge >= 0.3 is 5.97 Å². The fourth-order valence-corrected chi connectivity index (χ4v) is 3.37. The van der Waals surface area contributed by atoms with Gasteiger partial charge in [0.2, 0.25) is 0 Å². The normalized spacial score (nSPS) is 18.7. The van der Waals surface area contributed by atoms with Crippen LogP contribution in [0.2, 0.25) is 0 Å². The lowest BCUT2D eigenvalue weighted by Gasteiger charge is -2.39. The van der Waals surface area contributed by atoms with E-state index in [9.17, 15) is 18.7 Å². The van der Waals surface area contributed by atoms with E-state index in [0.29, 0.717) is 12.3 Å². The first kappa shape index (κ1) is 20.1. The van der Waals surface area contributed by atoms with Crippen molar-refractivity contribution in [1.82, 2.24) is 0 Å². The van der Waals surface area contributed by atoms with Crippen molar-refractivity contribution in [2.75, 3.05) is 31.7 Å². The monoisotopic (exact) mass is 391 g/mol. The molecule has 0 amide bonds. The van der Waals surface area contributed by atoms with Crippen LogP contribution in [0.25, 0.3) is 0 Å². The topological polar surface area (TPSA) is 59.0 Å². The van der Waals surface area contributed by atoms with Crippen molar-refractivity contribution in [3.05, 3.63) is 59.7 Å². The molecule has 150 valence electrons. The summed E-state index contributed by atoms with van der Waals surface area (Å²) in [7, 11) is 1.45. The van der Waals surface area contributed by atoms with Gasteiger partial charge in [-0.1, -0.05) is 30.3 Å². The van der Waals surface area contributed by atoms with Gasteiger partial charge in [0, 0.05) is 18.5 Å². The summed E-state index contributed by atoms with van der Waals surface area (Å²) in [5.74, 6) is -4.63. The van der Waals surface area contributed by atoms with E-state index in [1.165, 1.54) is 30.2 Å². The average Bonchev–Trinajstić information content (AvgIpc) is 2.69. The molecule has 0 radical (unpaired) electrons. The van der Waals surface area contributed by atoms with Crippen LogP contribution in [-0.2, 0) is 11.3 Å². The summed E-state index contributed by atoms with van der Waals surface area (Å²) in [5, 5.41) is 9.39. The highest BCUT2D eigenvalue weighted by molar-refractivity contribution is 5.95. The third-order valence-electron chi connectivity index (χ3n) is 4.95. The molecule has 0 saturated carbocycles. The number of aromatic carboxylic acids is 1. The summed E-state index contributed by atoms with van der Waals surface area (Å²) in [6, 6.07) is 13.8. The summed E-state index contributed by atoms with van der Waals surface area (Å²) < 4.78 is 40.1. The first-order valence-corrected chi connectivity index (χ1v) is 9.06. The Hall–Kier alpha value is -2.67. The summed E-state index contributed by atoms with van der Waals surface area (Å²) in [5.41, 5.74) is 1.16. The zero-order valence-corrected chi connectivity index (χ0v) is 15.6. The minimum absolute atomic E-state index is 0.0182. The fourth-order valence-electron chi connectivity index (χ4n) is 3.37. The molecule has 0 spiro atoms. The molecule has 1 aliphatic rings. The minimum atomic E-state index is -2.99. The number of benzene rings is 2. The van der Waals surface area contributed by atoms with Gasteiger partial charge < -0.3 is 19.5 Å². The Bertz CT molecular complexity index is 813. The highest BCUT2D eigenvalue weighted by Crippen LogP contribution is 2.37. The van der Waals surface area contributed by atoms with E-state index in [1.807, 2.05) is 30.3 Å². The second-order valence-corrected chi connectivity index (χ2v) is 6.86. The predicted molar refractivity (Wildman–Crippen MR) is 101 cm³/mol. The van der Waals surface area contributed by atoms with Gasteiger partial charge in [-0.3, -0.25) is 0 Å². The number of carbonyl (C=O) groups is 1. The average molecular weight is 391 g/mol. The Labute approximate surface area is 162 Å². The lowest BCUT2D eigenvalue weighted by molar-refractivity contribution is -0.0956. The molecule has 1 atom stereocenters. The third kappa shape index (κ3) is 4.59. The van der Waals surface area contributed by atoms with E-state index >= 15 is 0 Å². The molecule has 1 N–H and O–H groups in total. The smallest absolute Gasteiger partial charge is 0.337 e. The van der Waals surface area contributed by atoms with E-state index in [0.717, 1.165) is 5.56 Å². The first-order chi connectivity index (χ1) is 13.4. The predicted octanol–water partition coefficient (Wildman–Crippen LogP) is 4.07. The summed E-state index contributed by atoms with van der Waals surface area (Å²) in [4.78, 5) is 12.9. The van der Waals surface area contributed by atoms with Crippen LogP contribution in [0.1, 0.15) is 22.3 Å². The van der Waals surface area contributed by atoms with Crippen molar-refractivity contribution in [2.24, 2.45) is 5.92 Å². The number of halogens is 2. The molecular formula is C21H23F2NO4. The summed E-state index contributed by atoms with van der Waals surface area (Å²) >= 11 is 0. The molecule has 1 heterocycles. The van der Waals surface area contributed by atoms with Crippen molar-refractivity contribution >= 4 is 11.7 Å². The Balaban J connectivity index is 1.67. The number of rotatable bonds is 7. The molecule has 2 aromatic carbocycles. The van der Waals surface area contributed by atoms with Crippen LogP contribution in [0, 0.1) is 5.92 Å². The molecule has 28 heavy (non-hydrogen) atoms. The maximum absolute atomic E-state index is 14.7. The fraction of sp³-hybridized carbons (Fsp3) is 0.381. The number of nitrogens with zero attached hydrogens (tertiary/aromatic N) is 1. The molecule has 3 rings (SSSR count). The maximum atomic E-state index is 14.7. The molecule has 0 aliphatic carbocycles. The molecule has 0 bridgehead atoms. The number of carboxylic acids is 1. The standard InChI is InChI=1S/C21H23F2NO4/c1-27-17-7-8-18(20(25)26)19(11-17)24-10-9-16(21(22,23)14-24)13-28-12-15-5-3-2-4-6-15/h2-8,11,16H,9-10,12-14H2,1H3,(H,25,26). The molecule has 0 aromatic heterocycles. The molecule has 7 heteroatoms. The van der Waals surface area contributed by atoms with Gasteiger partial charge in [0.15, 0.2) is 0 Å². The lowest BCUT2D eigenvalue weighted by atomic mass is 9.92. The Morgan fingerprint density at radius 3 is 2.64 bits per heavy atom. The number of carboxylic acid groups (broad SMARTS) is 1. The van der Waals surface area contributed by atoms with Crippen LogP contribution in [0.4, 0.5) is 14.5 Å². The number of piperidine rings is 1. The maximum Gasteiger partial charge on any atom is 0.337 e. The molecule has 2 aromatic rings. The largest absolute Gasteiger partial charge is 0.497 e. The number of hydrogen-bond donors (Lipinski definition) is 1. The van der Waals surface area contributed by atoms with Crippen molar-refractivity contribution in [2.45, 2.75) is 19.0 Å². The van der Waals surface area contributed by atoms with Gasteiger partial charge in [0.25, 0.3) is 5.92 Å². The van der Waals surface area contributed by atoms with Gasteiger partial charge in [-0.2, -0.15) is 0 Å². The summed E-state index contributed by atoms with van der Waals surface area (Å²) in [6.45, 7) is 0.0119. The van der Waals surface area contributed by atoms with Crippen LogP contribution >= 0.6 is 0 Å². The van der Waals surface area contributed by atoms with Crippen LogP contribution in [0.15, 0.2) is 48.5 Å². The van der Waals surface area contributed by atoms with Crippen molar-refractivity contribution < 1.29 is 28.2 Å². The van der Waals surface area contributed by atoms with Gasteiger partial charge in [-0.25, -0.2) is 13.6 Å². The number of hydrogen-bond acceptors (Lipinski definition) is 4. The SMILES string of the molecule is COc1ccc(C(=O)O)c(N2CCC(COCc3ccccc3)C(F)(F)C2)c1. The molecule has 1 saturated heterocycles. The molecule has 5 nitrogen and oxygen atoms in total. The number of anilines is 1.